The van der Waals surface area contributed by atoms with Crippen LogP contribution in [-0.4, -0.2) is 26.3 Å². The second kappa shape index (κ2) is 7.07. The average Bonchev–Trinajstić information content (AvgIpc) is 2.45. The summed E-state index contributed by atoms with van der Waals surface area (Å²) in [6, 6.07) is 8.35. The second-order valence-electron chi connectivity index (χ2n) is 4.43. The summed E-state index contributed by atoms with van der Waals surface area (Å²) in [5, 5.41) is 3.51. The maximum Gasteiger partial charge on any atom is 0.161 e. The molecule has 1 unspecified atom stereocenters. The number of rotatable bonds is 6. The fourth-order valence-corrected chi connectivity index (χ4v) is 2.14. The monoisotopic (exact) mass is 247 g/mol. The van der Waals surface area contributed by atoms with Crippen LogP contribution in [0.3, 0.4) is 0 Å². The molecule has 2 rings (SSSR count). The van der Waals surface area contributed by atoms with E-state index in [9.17, 15) is 0 Å². The van der Waals surface area contributed by atoms with Crippen LogP contribution < -0.4 is 14.8 Å². The highest BCUT2D eigenvalue weighted by molar-refractivity contribution is 5.39. The summed E-state index contributed by atoms with van der Waals surface area (Å²) < 4.78 is 11.0. The van der Waals surface area contributed by atoms with Crippen LogP contribution in [0, 0.1) is 0 Å². The van der Waals surface area contributed by atoms with Crippen molar-refractivity contribution in [2.24, 2.45) is 0 Å². The zero-order valence-corrected chi connectivity index (χ0v) is 10.9. The molecule has 0 radical (unpaired) electrons. The van der Waals surface area contributed by atoms with Crippen LogP contribution in [0.25, 0.3) is 0 Å². The molecule has 0 heterocycles. The zero-order valence-electron chi connectivity index (χ0n) is 10.9. The number of benzene rings is 1. The summed E-state index contributed by atoms with van der Waals surface area (Å²) >= 11 is 0. The molecule has 1 aromatic rings. The molecule has 3 heteroatoms. The predicted molar refractivity (Wildman–Crippen MR) is 73.3 cm³/mol. The van der Waals surface area contributed by atoms with Gasteiger partial charge < -0.3 is 14.8 Å². The van der Waals surface area contributed by atoms with Crippen LogP contribution in [0.4, 0.5) is 0 Å². The van der Waals surface area contributed by atoms with Gasteiger partial charge in [0, 0.05) is 12.6 Å². The lowest BCUT2D eigenvalue weighted by Crippen LogP contribution is -2.33. The van der Waals surface area contributed by atoms with Crippen LogP contribution in [0.2, 0.25) is 0 Å². The van der Waals surface area contributed by atoms with Crippen molar-refractivity contribution in [2.75, 3.05) is 20.3 Å². The van der Waals surface area contributed by atoms with Crippen molar-refractivity contribution in [3.8, 4) is 11.5 Å². The normalized spacial score (nSPS) is 18.6. The minimum atomic E-state index is 0.608. The topological polar surface area (TPSA) is 30.5 Å². The first-order chi connectivity index (χ1) is 8.90. The Morgan fingerprint density at radius 3 is 2.78 bits per heavy atom. The van der Waals surface area contributed by atoms with Gasteiger partial charge in [-0.05, 0) is 31.4 Å². The molecule has 3 nitrogen and oxygen atoms in total. The lowest BCUT2D eigenvalue weighted by Gasteiger charge is -2.19. The van der Waals surface area contributed by atoms with Crippen LogP contribution in [0.1, 0.15) is 19.3 Å². The summed E-state index contributed by atoms with van der Waals surface area (Å²) in [5.41, 5.74) is 0. The minimum Gasteiger partial charge on any atom is -0.493 e. The Balaban J connectivity index is 1.70. The zero-order chi connectivity index (χ0) is 12.6. The average molecular weight is 247 g/mol. The second-order valence-corrected chi connectivity index (χ2v) is 4.43. The first-order valence-electron chi connectivity index (χ1n) is 6.54. The molecule has 0 saturated carbocycles. The molecule has 0 fully saturated rings. The Bertz CT molecular complexity index is 390. The fourth-order valence-electron chi connectivity index (χ4n) is 2.14. The summed E-state index contributed by atoms with van der Waals surface area (Å²) in [6.07, 6.45) is 8.05. The molecular weight excluding hydrogens is 226 g/mol. The molecule has 0 aromatic heterocycles. The molecule has 18 heavy (non-hydrogen) atoms. The Morgan fingerprint density at radius 2 is 2.06 bits per heavy atom. The molecule has 98 valence electrons. The van der Waals surface area contributed by atoms with Gasteiger partial charge in [0.15, 0.2) is 11.5 Å². The number of hydrogen-bond donors (Lipinski definition) is 1. The Labute approximate surface area is 109 Å². The molecular formula is C15H21NO2. The third-order valence-electron chi connectivity index (χ3n) is 3.13. The number of para-hydroxylation sites is 2. The smallest absolute Gasteiger partial charge is 0.161 e. The number of allylic oxidation sites excluding steroid dienone is 1. The van der Waals surface area contributed by atoms with Crippen LogP contribution in [0.15, 0.2) is 36.4 Å². The van der Waals surface area contributed by atoms with E-state index in [-0.39, 0.29) is 0 Å². The van der Waals surface area contributed by atoms with Crippen molar-refractivity contribution in [1.29, 1.82) is 0 Å². The largest absolute Gasteiger partial charge is 0.493 e. The van der Waals surface area contributed by atoms with Gasteiger partial charge in [0.2, 0.25) is 0 Å². The third kappa shape index (κ3) is 3.77. The van der Waals surface area contributed by atoms with Crippen LogP contribution >= 0.6 is 0 Å². The first-order valence-corrected chi connectivity index (χ1v) is 6.54. The molecule has 0 spiro atoms. The number of nitrogens with one attached hydrogen (secondary N) is 1. The lowest BCUT2D eigenvalue weighted by atomic mass is 10.0. The maximum atomic E-state index is 5.71. The van der Waals surface area contributed by atoms with Crippen molar-refractivity contribution < 1.29 is 9.47 Å². The van der Waals surface area contributed by atoms with Gasteiger partial charge in [-0.3, -0.25) is 0 Å². The Hall–Kier alpha value is -1.48. The van der Waals surface area contributed by atoms with E-state index >= 15 is 0 Å². The molecule has 0 amide bonds. The van der Waals surface area contributed by atoms with Gasteiger partial charge in [-0.1, -0.05) is 24.3 Å². The molecule has 0 saturated heterocycles. The van der Waals surface area contributed by atoms with Gasteiger partial charge >= 0.3 is 0 Å². The van der Waals surface area contributed by atoms with Gasteiger partial charge in [0.25, 0.3) is 0 Å². The quantitative estimate of drug-likeness (QED) is 0.619. The van der Waals surface area contributed by atoms with Crippen LogP contribution in [0.5, 0.6) is 11.5 Å². The van der Waals surface area contributed by atoms with Gasteiger partial charge in [-0.15, -0.1) is 0 Å². The van der Waals surface area contributed by atoms with Crippen molar-refractivity contribution >= 4 is 0 Å². The predicted octanol–water partition coefficient (Wildman–Crippen LogP) is 2.77. The standard InChI is InChI=1S/C15H21NO2/c1-17-14-9-5-6-10-15(14)18-12-11-16-13-7-3-2-4-8-13/h2-3,5-6,9-10,13,16H,4,7-8,11-12H2,1H3. The maximum absolute atomic E-state index is 5.71. The summed E-state index contributed by atoms with van der Waals surface area (Å²) in [6.45, 7) is 1.54. The van der Waals surface area contributed by atoms with E-state index in [2.05, 4.69) is 17.5 Å². The summed E-state index contributed by atoms with van der Waals surface area (Å²) in [4.78, 5) is 0. The van der Waals surface area contributed by atoms with E-state index in [4.69, 9.17) is 9.47 Å². The minimum absolute atomic E-state index is 0.608. The van der Waals surface area contributed by atoms with Gasteiger partial charge in [0.05, 0.1) is 7.11 Å². The van der Waals surface area contributed by atoms with Crippen LogP contribution in [-0.2, 0) is 0 Å². The van der Waals surface area contributed by atoms with Crippen molar-refractivity contribution in [2.45, 2.75) is 25.3 Å². The van der Waals surface area contributed by atoms with E-state index < -0.39 is 0 Å². The SMILES string of the molecule is COc1ccccc1OCCNC1CC=CCC1. The Morgan fingerprint density at radius 1 is 1.22 bits per heavy atom. The van der Waals surface area contributed by atoms with Crippen molar-refractivity contribution in [1.82, 2.24) is 5.32 Å². The molecule has 1 aliphatic rings. The van der Waals surface area contributed by atoms with Gasteiger partial charge in [0.1, 0.15) is 6.61 Å². The molecule has 1 aromatic carbocycles. The van der Waals surface area contributed by atoms with E-state index in [1.165, 1.54) is 12.8 Å². The summed E-state index contributed by atoms with van der Waals surface area (Å²) in [7, 11) is 1.66. The molecule has 1 atom stereocenters. The van der Waals surface area contributed by atoms with Gasteiger partial charge in [-0.25, -0.2) is 0 Å². The molecule has 0 bridgehead atoms. The van der Waals surface area contributed by atoms with E-state index in [1.54, 1.807) is 7.11 Å². The Kier molecular flexibility index (Phi) is 5.09. The molecule has 1 N–H and O–H groups in total. The first kappa shape index (κ1) is 13.0. The van der Waals surface area contributed by atoms with E-state index in [1.807, 2.05) is 24.3 Å². The molecule has 1 aliphatic carbocycles. The van der Waals surface area contributed by atoms with Crippen molar-refractivity contribution in [3.63, 3.8) is 0 Å². The van der Waals surface area contributed by atoms with E-state index in [0.717, 1.165) is 24.5 Å². The number of methoxy groups -OCH3 is 1. The highest BCUT2D eigenvalue weighted by Crippen LogP contribution is 2.25. The number of ether oxygens (including phenoxy) is 2. The highest BCUT2D eigenvalue weighted by atomic mass is 16.5. The third-order valence-corrected chi connectivity index (χ3v) is 3.13. The lowest BCUT2D eigenvalue weighted by molar-refractivity contribution is 0.284. The number of hydrogen-bond acceptors (Lipinski definition) is 3. The highest BCUT2D eigenvalue weighted by Gasteiger charge is 2.08. The van der Waals surface area contributed by atoms with Crippen molar-refractivity contribution in [3.05, 3.63) is 36.4 Å². The van der Waals surface area contributed by atoms with Gasteiger partial charge in [-0.2, -0.15) is 0 Å². The fraction of sp³-hybridized carbons (Fsp3) is 0.467. The summed E-state index contributed by atoms with van der Waals surface area (Å²) in [5.74, 6) is 1.60. The van der Waals surface area contributed by atoms with E-state index in [0.29, 0.717) is 12.6 Å². The molecule has 0 aliphatic heterocycles.